The van der Waals surface area contributed by atoms with Gasteiger partial charge in [-0.2, -0.15) is 0 Å². The molecule has 0 amide bonds. The Hall–Kier alpha value is -4.10. The van der Waals surface area contributed by atoms with Gasteiger partial charge in [0, 0.05) is 24.2 Å². The molecular weight excluding hydrogens is 448 g/mol. The SMILES string of the molecule is CCc1ccc2[nH]c(=O)c([C@@H](c3nnnn3Cc3ccccc3)N3CCc4ccccc4C3)cc2c1. The first-order valence-corrected chi connectivity index (χ1v) is 12.5. The Morgan fingerprint density at radius 3 is 2.58 bits per heavy atom. The fraction of sp³-hybridized carbons (Fsp3) is 0.241. The number of aromatic nitrogens is 5. The van der Waals surface area contributed by atoms with E-state index in [2.05, 4.69) is 80.9 Å². The van der Waals surface area contributed by atoms with Crippen LogP contribution in [0.5, 0.6) is 0 Å². The van der Waals surface area contributed by atoms with E-state index in [1.165, 1.54) is 16.7 Å². The van der Waals surface area contributed by atoms with E-state index in [-0.39, 0.29) is 11.6 Å². The Morgan fingerprint density at radius 2 is 1.75 bits per heavy atom. The topological polar surface area (TPSA) is 79.7 Å². The second kappa shape index (κ2) is 9.51. The minimum absolute atomic E-state index is 0.107. The third-order valence-electron chi connectivity index (χ3n) is 7.14. The number of nitrogens with zero attached hydrogens (tertiary/aromatic N) is 5. The standard InChI is InChI=1S/C29H28N6O/c1-2-20-12-13-26-24(16-20)17-25(29(36)30-26)27(34-15-14-22-10-6-7-11-23(22)19-34)28-31-32-33-35(28)18-21-8-4-3-5-9-21/h3-13,16-17,27H,2,14-15,18-19H2,1H3,(H,30,36)/t27-/m0/s1. The first-order valence-electron chi connectivity index (χ1n) is 12.5. The summed E-state index contributed by atoms with van der Waals surface area (Å²) in [6.45, 7) is 4.22. The van der Waals surface area contributed by atoms with Crippen LogP contribution in [0.15, 0.2) is 83.7 Å². The Kier molecular flexibility index (Phi) is 5.91. The highest BCUT2D eigenvalue weighted by atomic mass is 16.1. The summed E-state index contributed by atoms with van der Waals surface area (Å²) in [5.74, 6) is 0.676. The van der Waals surface area contributed by atoms with Crippen LogP contribution in [-0.4, -0.2) is 36.6 Å². The number of hydrogen-bond donors (Lipinski definition) is 1. The lowest BCUT2D eigenvalue weighted by Gasteiger charge is -2.34. The summed E-state index contributed by atoms with van der Waals surface area (Å²) in [6.07, 6.45) is 1.85. The molecule has 0 saturated carbocycles. The van der Waals surface area contributed by atoms with Gasteiger partial charge in [0.25, 0.3) is 5.56 Å². The van der Waals surface area contributed by atoms with E-state index in [9.17, 15) is 4.79 Å². The Morgan fingerprint density at radius 1 is 0.944 bits per heavy atom. The predicted molar refractivity (Wildman–Crippen MR) is 140 cm³/mol. The van der Waals surface area contributed by atoms with Crippen molar-refractivity contribution in [1.29, 1.82) is 0 Å². The van der Waals surface area contributed by atoms with E-state index in [4.69, 9.17) is 0 Å². The lowest BCUT2D eigenvalue weighted by atomic mass is 9.95. The largest absolute Gasteiger partial charge is 0.322 e. The lowest BCUT2D eigenvalue weighted by Crippen LogP contribution is -2.38. The first kappa shape index (κ1) is 22.4. The third kappa shape index (κ3) is 4.22. The Bertz CT molecular complexity index is 1570. The highest BCUT2D eigenvalue weighted by Gasteiger charge is 2.32. The highest BCUT2D eigenvalue weighted by molar-refractivity contribution is 5.80. The van der Waals surface area contributed by atoms with Crippen molar-refractivity contribution in [2.24, 2.45) is 0 Å². The molecule has 0 spiro atoms. The van der Waals surface area contributed by atoms with Crippen LogP contribution in [0.3, 0.4) is 0 Å². The molecule has 3 aromatic carbocycles. The van der Waals surface area contributed by atoms with E-state index in [0.29, 0.717) is 17.9 Å². The molecule has 1 atom stereocenters. The van der Waals surface area contributed by atoms with Gasteiger partial charge in [0.05, 0.1) is 6.54 Å². The van der Waals surface area contributed by atoms with Crippen molar-refractivity contribution >= 4 is 10.9 Å². The molecule has 0 saturated heterocycles. The number of hydrogen-bond acceptors (Lipinski definition) is 5. The van der Waals surface area contributed by atoms with Gasteiger partial charge >= 0.3 is 0 Å². The second-order valence-corrected chi connectivity index (χ2v) is 9.40. The number of benzene rings is 3. The summed E-state index contributed by atoms with van der Waals surface area (Å²) >= 11 is 0. The van der Waals surface area contributed by atoms with Crippen LogP contribution in [-0.2, 0) is 25.9 Å². The number of rotatable bonds is 6. The van der Waals surface area contributed by atoms with Gasteiger partial charge in [-0.1, -0.05) is 67.6 Å². The van der Waals surface area contributed by atoms with Gasteiger partial charge in [0.15, 0.2) is 5.82 Å². The lowest BCUT2D eigenvalue weighted by molar-refractivity contribution is 0.194. The second-order valence-electron chi connectivity index (χ2n) is 9.40. The molecule has 3 heterocycles. The van der Waals surface area contributed by atoms with Crippen molar-refractivity contribution in [3.8, 4) is 0 Å². The van der Waals surface area contributed by atoms with Crippen LogP contribution in [0.4, 0.5) is 0 Å². The van der Waals surface area contributed by atoms with Gasteiger partial charge in [-0.3, -0.25) is 9.69 Å². The van der Waals surface area contributed by atoms with Crippen LogP contribution in [0.2, 0.25) is 0 Å². The molecule has 0 fully saturated rings. The monoisotopic (exact) mass is 476 g/mol. The Labute approximate surface area is 209 Å². The fourth-order valence-electron chi connectivity index (χ4n) is 5.21. The molecule has 1 aliphatic rings. The molecule has 7 heteroatoms. The summed E-state index contributed by atoms with van der Waals surface area (Å²) in [6, 6.07) is 26.5. The zero-order valence-corrected chi connectivity index (χ0v) is 20.3. The summed E-state index contributed by atoms with van der Waals surface area (Å²) < 4.78 is 1.83. The third-order valence-corrected chi connectivity index (χ3v) is 7.14. The number of nitrogens with one attached hydrogen (secondary N) is 1. The van der Waals surface area contributed by atoms with Crippen molar-refractivity contribution in [2.45, 2.75) is 38.9 Å². The van der Waals surface area contributed by atoms with E-state index in [0.717, 1.165) is 42.4 Å². The number of aryl methyl sites for hydroxylation is 1. The molecule has 6 rings (SSSR count). The molecule has 0 radical (unpaired) electrons. The Balaban J connectivity index is 1.49. The fourth-order valence-corrected chi connectivity index (χ4v) is 5.21. The molecule has 5 aromatic rings. The van der Waals surface area contributed by atoms with Gasteiger partial charge in [-0.05, 0) is 69.1 Å². The molecule has 180 valence electrons. The smallest absolute Gasteiger partial charge is 0.253 e. The van der Waals surface area contributed by atoms with Gasteiger partial charge in [0.2, 0.25) is 0 Å². The summed E-state index contributed by atoms with van der Waals surface area (Å²) in [7, 11) is 0. The molecule has 0 unspecified atom stereocenters. The van der Waals surface area contributed by atoms with E-state index in [1.807, 2.05) is 35.0 Å². The van der Waals surface area contributed by atoms with E-state index >= 15 is 0 Å². The van der Waals surface area contributed by atoms with Crippen molar-refractivity contribution in [2.75, 3.05) is 6.54 Å². The van der Waals surface area contributed by atoms with Gasteiger partial charge in [-0.15, -0.1) is 5.10 Å². The van der Waals surface area contributed by atoms with Crippen LogP contribution in [0.1, 0.15) is 46.6 Å². The van der Waals surface area contributed by atoms with Crippen LogP contribution < -0.4 is 5.56 Å². The molecule has 36 heavy (non-hydrogen) atoms. The van der Waals surface area contributed by atoms with Crippen molar-refractivity contribution in [3.63, 3.8) is 0 Å². The number of tetrazole rings is 1. The van der Waals surface area contributed by atoms with Crippen molar-refractivity contribution in [3.05, 3.63) is 123 Å². The van der Waals surface area contributed by atoms with Gasteiger partial charge in [-0.25, -0.2) is 4.68 Å². The van der Waals surface area contributed by atoms with Crippen LogP contribution in [0.25, 0.3) is 10.9 Å². The van der Waals surface area contributed by atoms with Crippen LogP contribution in [0, 0.1) is 0 Å². The minimum atomic E-state index is -0.379. The zero-order valence-electron chi connectivity index (χ0n) is 20.3. The molecule has 7 nitrogen and oxygen atoms in total. The summed E-state index contributed by atoms with van der Waals surface area (Å²) in [4.78, 5) is 19.0. The maximum absolute atomic E-state index is 13.5. The molecule has 0 aliphatic carbocycles. The summed E-state index contributed by atoms with van der Waals surface area (Å²) in [5, 5.41) is 13.9. The van der Waals surface area contributed by atoms with Crippen molar-refractivity contribution < 1.29 is 0 Å². The molecule has 1 N–H and O–H groups in total. The molecule has 2 aromatic heterocycles. The average molecular weight is 477 g/mol. The predicted octanol–water partition coefficient (Wildman–Crippen LogP) is 4.27. The van der Waals surface area contributed by atoms with E-state index in [1.54, 1.807) is 0 Å². The number of fused-ring (bicyclic) bond motifs is 2. The van der Waals surface area contributed by atoms with Crippen molar-refractivity contribution in [1.82, 2.24) is 30.1 Å². The molecular formula is C29H28N6O. The number of H-pyrrole nitrogens is 1. The maximum atomic E-state index is 13.5. The first-order chi connectivity index (χ1) is 17.7. The van der Waals surface area contributed by atoms with Gasteiger partial charge in [0.1, 0.15) is 6.04 Å². The summed E-state index contributed by atoms with van der Waals surface area (Å²) in [5.41, 5.74) is 6.38. The highest BCUT2D eigenvalue weighted by Crippen LogP contribution is 2.32. The quantitative estimate of drug-likeness (QED) is 0.396. The maximum Gasteiger partial charge on any atom is 0.253 e. The average Bonchev–Trinajstić information content (AvgIpc) is 3.37. The molecule has 0 bridgehead atoms. The number of pyridine rings is 1. The van der Waals surface area contributed by atoms with Gasteiger partial charge < -0.3 is 4.98 Å². The minimum Gasteiger partial charge on any atom is -0.322 e. The normalized spacial score (nSPS) is 14.6. The molecule has 1 aliphatic heterocycles. The van der Waals surface area contributed by atoms with Crippen LogP contribution >= 0.6 is 0 Å². The van der Waals surface area contributed by atoms with E-state index < -0.39 is 0 Å². The zero-order chi connectivity index (χ0) is 24.5. The number of aromatic amines is 1.